The SMILES string of the molecule is Nc1ccc2c(C(F)(F)F)c[nH]c(=O)c2c1. The van der Waals surface area contributed by atoms with Crippen molar-refractivity contribution in [2.24, 2.45) is 0 Å². The Bertz CT molecular complexity index is 601. The summed E-state index contributed by atoms with van der Waals surface area (Å²) >= 11 is 0. The highest BCUT2D eigenvalue weighted by atomic mass is 19.4. The van der Waals surface area contributed by atoms with Crippen molar-refractivity contribution in [3.05, 3.63) is 40.3 Å². The highest BCUT2D eigenvalue weighted by Crippen LogP contribution is 2.33. The quantitative estimate of drug-likeness (QED) is 0.678. The Morgan fingerprint density at radius 1 is 1.19 bits per heavy atom. The number of alkyl halides is 3. The van der Waals surface area contributed by atoms with E-state index in [4.69, 9.17) is 5.73 Å². The van der Waals surface area contributed by atoms with Crippen LogP contribution in [-0.4, -0.2) is 4.98 Å². The molecule has 1 aromatic heterocycles. The summed E-state index contributed by atoms with van der Waals surface area (Å²) in [5.74, 6) is 0. The van der Waals surface area contributed by atoms with Crippen molar-refractivity contribution < 1.29 is 13.2 Å². The van der Waals surface area contributed by atoms with Crippen LogP contribution < -0.4 is 11.3 Å². The molecule has 84 valence electrons. The van der Waals surface area contributed by atoms with Gasteiger partial charge in [0.1, 0.15) is 0 Å². The number of hydrogen-bond donors (Lipinski definition) is 2. The first kappa shape index (κ1) is 10.5. The van der Waals surface area contributed by atoms with Gasteiger partial charge in [-0.2, -0.15) is 13.2 Å². The lowest BCUT2D eigenvalue weighted by Gasteiger charge is -2.09. The molecule has 2 aromatic rings. The molecule has 0 saturated carbocycles. The molecule has 6 heteroatoms. The van der Waals surface area contributed by atoms with Gasteiger partial charge >= 0.3 is 6.18 Å². The zero-order valence-corrected chi connectivity index (χ0v) is 7.93. The van der Waals surface area contributed by atoms with E-state index in [1.165, 1.54) is 18.2 Å². The number of aromatic nitrogens is 1. The second kappa shape index (κ2) is 3.26. The largest absolute Gasteiger partial charge is 0.418 e. The first-order valence-electron chi connectivity index (χ1n) is 4.38. The number of benzene rings is 1. The first-order chi connectivity index (χ1) is 7.39. The number of nitrogen functional groups attached to an aromatic ring is 1. The van der Waals surface area contributed by atoms with E-state index in [2.05, 4.69) is 0 Å². The fraction of sp³-hybridized carbons (Fsp3) is 0.100. The van der Waals surface area contributed by atoms with Crippen molar-refractivity contribution in [2.75, 3.05) is 5.73 Å². The number of nitrogens with two attached hydrogens (primary N) is 1. The van der Waals surface area contributed by atoms with Crippen LogP contribution >= 0.6 is 0 Å². The van der Waals surface area contributed by atoms with Crippen LogP contribution in [0.3, 0.4) is 0 Å². The molecule has 0 amide bonds. The minimum Gasteiger partial charge on any atom is -0.399 e. The standard InChI is InChI=1S/C10H7F3N2O/c11-10(12,13)8-4-15-9(16)7-3-5(14)1-2-6(7)8/h1-4H,14H2,(H,15,16). The van der Waals surface area contributed by atoms with Gasteiger partial charge in [-0.1, -0.05) is 6.07 Å². The number of anilines is 1. The molecule has 0 aliphatic carbocycles. The third-order valence-corrected chi connectivity index (χ3v) is 2.23. The number of pyridine rings is 1. The van der Waals surface area contributed by atoms with Crippen LogP contribution in [0.5, 0.6) is 0 Å². The van der Waals surface area contributed by atoms with E-state index in [1.807, 2.05) is 4.98 Å². The molecule has 2 rings (SSSR count). The predicted molar refractivity (Wildman–Crippen MR) is 54.0 cm³/mol. The van der Waals surface area contributed by atoms with E-state index in [0.29, 0.717) is 6.20 Å². The van der Waals surface area contributed by atoms with Gasteiger partial charge in [0, 0.05) is 22.7 Å². The average Bonchev–Trinajstić information content (AvgIpc) is 2.17. The molecule has 0 unspecified atom stereocenters. The van der Waals surface area contributed by atoms with Gasteiger partial charge in [0.05, 0.1) is 5.56 Å². The lowest BCUT2D eigenvalue weighted by atomic mass is 10.1. The second-order valence-corrected chi connectivity index (χ2v) is 3.33. The monoisotopic (exact) mass is 228 g/mol. The number of nitrogens with one attached hydrogen (secondary N) is 1. The molecule has 1 heterocycles. The summed E-state index contributed by atoms with van der Waals surface area (Å²) < 4.78 is 37.8. The second-order valence-electron chi connectivity index (χ2n) is 3.33. The Morgan fingerprint density at radius 3 is 2.50 bits per heavy atom. The van der Waals surface area contributed by atoms with Gasteiger partial charge in [-0.3, -0.25) is 4.79 Å². The number of aromatic amines is 1. The Balaban J connectivity index is 2.90. The molecular weight excluding hydrogens is 221 g/mol. The van der Waals surface area contributed by atoms with Gasteiger partial charge in [-0.25, -0.2) is 0 Å². The highest BCUT2D eigenvalue weighted by Gasteiger charge is 2.33. The lowest BCUT2D eigenvalue weighted by Crippen LogP contribution is -2.13. The molecule has 0 aliphatic rings. The smallest absolute Gasteiger partial charge is 0.399 e. The van der Waals surface area contributed by atoms with Crippen LogP contribution in [-0.2, 0) is 6.18 Å². The number of rotatable bonds is 0. The van der Waals surface area contributed by atoms with Crippen molar-refractivity contribution in [3.63, 3.8) is 0 Å². The molecule has 0 radical (unpaired) electrons. The van der Waals surface area contributed by atoms with Crippen LogP contribution in [0.2, 0.25) is 0 Å². The topological polar surface area (TPSA) is 58.9 Å². The molecular formula is C10H7F3N2O. The Hall–Kier alpha value is -1.98. The molecule has 3 nitrogen and oxygen atoms in total. The van der Waals surface area contributed by atoms with Crippen LogP contribution in [0.15, 0.2) is 29.2 Å². The van der Waals surface area contributed by atoms with E-state index < -0.39 is 17.3 Å². The fourth-order valence-corrected chi connectivity index (χ4v) is 1.51. The molecule has 0 spiro atoms. The van der Waals surface area contributed by atoms with Gasteiger partial charge in [0.15, 0.2) is 0 Å². The zero-order chi connectivity index (χ0) is 11.9. The maximum Gasteiger partial charge on any atom is 0.418 e. The van der Waals surface area contributed by atoms with Crippen molar-refractivity contribution in [1.82, 2.24) is 4.98 Å². The van der Waals surface area contributed by atoms with E-state index in [9.17, 15) is 18.0 Å². The molecule has 0 bridgehead atoms. The highest BCUT2D eigenvalue weighted by molar-refractivity contribution is 5.87. The summed E-state index contributed by atoms with van der Waals surface area (Å²) in [7, 11) is 0. The summed E-state index contributed by atoms with van der Waals surface area (Å²) in [6.07, 6.45) is -3.83. The summed E-state index contributed by atoms with van der Waals surface area (Å²) in [5.41, 5.74) is 4.20. The summed E-state index contributed by atoms with van der Waals surface area (Å²) in [5, 5.41) is -0.208. The Labute approximate surface area is 87.7 Å². The van der Waals surface area contributed by atoms with E-state index >= 15 is 0 Å². The van der Waals surface area contributed by atoms with Gasteiger partial charge in [-0.15, -0.1) is 0 Å². The average molecular weight is 228 g/mol. The fourth-order valence-electron chi connectivity index (χ4n) is 1.51. The van der Waals surface area contributed by atoms with Gasteiger partial charge in [0.2, 0.25) is 0 Å². The number of H-pyrrole nitrogens is 1. The molecule has 1 aromatic carbocycles. The zero-order valence-electron chi connectivity index (χ0n) is 7.93. The minimum atomic E-state index is -4.50. The van der Waals surface area contributed by atoms with E-state index in [-0.39, 0.29) is 16.5 Å². The maximum absolute atomic E-state index is 12.6. The van der Waals surface area contributed by atoms with E-state index in [0.717, 1.165) is 0 Å². The normalized spacial score (nSPS) is 11.9. The van der Waals surface area contributed by atoms with Crippen LogP contribution in [0, 0.1) is 0 Å². The van der Waals surface area contributed by atoms with Crippen molar-refractivity contribution >= 4 is 16.5 Å². The molecule has 0 fully saturated rings. The molecule has 16 heavy (non-hydrogen) atoms. The minimum absolute atomic E-state index is 0.0603. The number of halogens is 3. The number of fused-ring (bicyclic) bond motifs is 1. The summed E-state index contributed by atoms with van der Waals surface area (Å²) in [4.78, 5) is 13.4. The lowest BCUT2D eigenvalue weighted by molar-refractivity contribution is -0.136. The van der Waals surface area contributed by atoms with Crippen molar-refractivity contribution in [1.29, 1.82) is 0 Å². The summed E-state index contributed by atoms with van der Waals surface area (Å²) in [6, 6.07) is 3.75. The maximum atomic E-state index is 12.6. The Kier molecular flexibility index (Phi) is 2.15. The van der Waals surface area contributed by atoms with Crippen molar-refractivity contribution in [2.45, 2.75) is 6.18 Å². The van der Waals surface area contributed by atoms with E-state index in [1.54, 1.807) is 0 Å². The van der Waals surface area contributed by atoms with Crippen molar-refractivity contribution in [3.8, 4) is 0 Å². The predicted octanol–water partition coefficient (Wildman–Crippen LogP) is 2.13. The number of hydrogen-bond acceptors (Lipinski definition) is 2. The molecule has 0 atom stereocenters. The third kappa shape index (κ3) is 1.62. The first-order valence-corrected chi connectivity index (χ1v) is 4.38. The van der Waals surface area contributed by atoms with Gasteiger partial charge in [-0.05, 0) is 12.1 Å². The molecule has 3 N–H and O–H groups in total. The van der Waals surface area contributed by atoms with Crippen LogP contribution in [0.1, 0.15) is 5.56 Å². The molecule has 0 aliphatic heterocycles. The third-order valence-electron chi connectivity index (χ3n) is 2.23. The molecule has 0 saturated heterocycles. The van der Waals surface area contributed by atoms with Crippen LogP contribution in [0.25, 0.3) is 10.8 Å². The Morgan fingerprint density at radius 2 is 1.88 bits per heavy atom. The summed E-state index contributed by atoms with van der Waals surface area (Å²) in [6.45, 7) is 0. The van der Waals surface area contributed by atoms with Gasteiger partial charge in [0.25, 0.3) is 5.56 Å². The van der Waals surface area contributed by atoms with Crippen LogP contribution in [0.4, 0.5) is 18.9 Å². The van der Waals surface area contributed by atoms with Gasteiger partial charge < -0.3 is 10.7 Å².